The highest BCUT2D eigenvalue weighted by atomic mass is 32.2. The van der Waals surface area contributed by atoms with Crippen LogP contribution in [0.4, 0.5) is 5.13 Å². The Morgan fingerprint density at radius 1 is 1.39 bits per heavy atom. The Labute approximate surface area is 218 Å². The van der Waals surface area contributed by atoms with Gasteiger partial charge in [-0.25, -0.2) is 13.4 Å². The number of hydrogen-bond acceptors (Lipinski definition) is 6. The van der Waals surface area contributed by atoms with Crippen LogP contribution in [0, 0.1) is 30.1 Å². The monoisotopic (exact) mass is 531 g/mol. The van der Waals surface area contributed by atoms with Crippen molar-refractivity contribution in [1.82, 2.24) is 9.88 Å². The number of hydrogen-bond donors (Lipinski definition) is 2. The topological polar surface area (TPSA) is 99.6 Å². The summed E-state index contributed by atoms with van der Waals surface area (Å²) in [5, 5.41) is 12.0. The molecule has 2 aliphatic rings. The third-order valence-electron chi connectivity index (χ3n) is 8.29. The number of aryl methyl sites for hydroxylation is 1. The molecule has 6 atom stereocenters. The smallest absolute Gasteiger partial charge is 0.263 e. The zero-order valence-corrected chi connectivity index (χ0v) is 23.3. The van der Waals surface area contributed by atoms with Gasteiger partial charge in [0, 0.05) is 30.3 Å². The third kappa shape index (κ3) is 4.85. The van der Waals surface area contributed by atoms with E-state index in [9.17, 15) is 18.3 Å². The molecule has 9 heteroatoms. The average molecular weight is 532 g/mol. The molecule has 7 nitrogen and oxygen atoms in total. The standard InChI is InChI=1S/C27H37N3O4S2/c1-7-14-30(6)25(32)17(3)20-12-13-27(5)15-21-23(18(4)22(27)24(20)31)28-26(35-21)29-36(33,34)19-10-8-16(2)9-11-19/h7-11,17-18,20,22,24,31H,1,12-15H2,2-6H3,(H,28,29)/t17-,18-,20-,22+,24-,27+/m0/s1. The van der Waals surface area contributed by atoms with Crippen molar-refractivity contribution in [3.05, 3.63) is 53.1 Å². The van der Waals surface area contributed by atoms with Crippen molar-refractivity contribution >= 4 is 32.4 Å². The number of fused-ring (bicyclic) bond motifs is 2. The van der Waals surface area contributed by atoms with Gasteiger partial charge in [-0.15, -0.1) is 17.9 Å². The highest BCUT2D eigenvalue weighted by molar-refractivity contribution is 7.93. The fraction of sp³-hybridized carbons (Fsp3) is 0.556. The van der Waals surface area contributed by atoms with E-state index in [1.807, 2.05) is 13.8 Å². The van der Waals surface area contributed by atoms with Gasteiger partial charge < -0.3 is 10.0 Å². The van der Waals surface area contributed by atoms with Crippen LogP contribution in [0.1, 0.15) is 55.7 Å². The lowest BCUT2D eigenvalue weighted by Gasteiger charge is -2.53. The number of likely N-dealkylation sites (N-methyl/N-ethyl adjacent to an activating group) is 1. The molecule has 0 unspecified atom stereocenters. The number of nitrogens with one attached hydrogen (secondary N) is 1. The zero-order chi connectivity index (χ0) is 26.4. The van der Waals surface area contributed by atoms with Gasteiger partial charge in [0.2, 0.25) is 5.91 Å². The van der Waals surface area contributed by atoms with E-state index in [1.54, 1.807) is 42.3 Å². The number of carbonyl (C=O) groups excluding carboxylic acids is 1. The van der Waals surface area contributed by atoms with Crippen LogP contribution in [-0.4, -0.2) is 49.0 Å². The maximum Gasteiger partial charge on any atom is 0.263 e. The van der Waals surface area contributed by atoms with Gasteiger partial charge in [-0.1, -0.05) is 44.5 Å². The molecule has 0 spiro atoms. The number of nitrogens with zero attached hydrogens (tertiary/aromatic N) is 2. The first-order valence-corrected chi connectivity index (χ1v) is 14.8. The summed E-state index contributed by atoms with van der Waals surface area (Å²) in [6.45, 7) is 12.3. The maximum atomic E-state index is 13.0. The van der Waals surface area contributed by atoms with Gasteiger partial charge in [0.15, 0.2) is 5.13 Å². The average Bonchev–Trinajstić information content (AvgIpc) is 3.19. The third-order valence-corrected chi connectivity index (χ3v) is 10.8. The lowest BCUT2D eigenvalue weighted by molar-refractivity contribution is -0.143. The minimum atomic E-state index is -3.74. The van der Waals surface area contributed by atoms with Gasteiger partial charge in [-0.05, 0) is 55.6 Å². The lowest BCUT2D eigenvalue weighted by Crippen LogP contribution is -2.53. The molecule has 4 rings (SSSR count). The van der Waals surface area contributed by atoms with Gasteiger partial charge in [-0.2, -0.15) is 0 Å². The molecule has 0 aliphatic heterocycles. The number of amides is 1. The van der Waals surface area contributed by atoms with E-state index < -0.39 is 16.1 Å². The highest BCUT2D eigenvalue weighted by Crippen LogP contribution is 2.57. The molecule has 1 fully saturated rings. The van der Waals surface area contributed by atoms with Gasteiger partial charge >= 0.3 is 0 Å². The van der Waals surface area contributed by atoms with Crippen molar-refractivity contribution in [2.45, 2.75) is 63.9 Å². The van der Waals surface area contributed by atoms with Crippen molar-refractivity contribution in [3.63, 3.8) is 0 Å². The van der Waals surface area contributed by atoms with Gasteiger partial charge in [-0.3, -0.25) is 9.52 Å². The van der Waals surface area contributed by atoms with Crippen LogP contribution < -0.4 is 4.72 Å². The summed E-state index contributed by atoms with van der Waals surface area (Å²) in [7, 11) is -1.97. The molecular formula is C27H37N3O4S2. The number of thiazole rings is 1. The molecule has 0 bridgehead atoms. The first kappa shape index (κ1) is 26.8. The van der Waals surface area contributed by atoms with E-state index in [4.69, 9.17) is 4.98 Å². The van der Waals surface area contributed by atoms with Crippen molar-refractivity contribution in [1.29, 1.82) is 0 Å². The molecular weight excluding hydrogens is 494 g/mol. The van der Waals surface area contributed by atoms with E-state index in [0.29, 0.717) is 11.7 Å². The van der Waals surface area contributed by atoms with E-state index in [2.05, 4.69) is 25.1 Å². The number of carbonyl (C=O) groups is 1. The molecule has 0 saturated heterocycles. The van der Waals surface area contributed by atoms with Crippen molar-refractivity contribution in [3.8, 4) is 0 Å². The predicted octanol–water partition coefficient (Wildman–Crippen LogP) is 4.59. The molecule has 1 saturated carbocycles. The number of aliphatic hydroxyl groups is 1. The largest absolute Gasteiger partial charge is 0.392 e. The number of aromatic nitrogens is 1. The van der Waals surface area contributed by atoms with Crippen LogP contribution in [0.5, 0.6) is 0 Å². The first-order valence-electron chi connectivity index (χ1n) is 12.5. The van der Waals surface area contributed by atoms with E-state index >= 15 is 0 Å². The number of benzene rings is 1. The van der Waals surface area contributed by atoms with E-state index in [-0.39, 0.29) is 39.9 Å². The lowest BCUT2D eigenvalue weighted by atomic mass is 9.53. The zero-order valence-electron chi connectivity index (χ0n) is 21.7. The van der Waals surface area contributed by atoms with Crippen molar-refractivity contribution in [2.75, 3.05) is 18.3 Å². The molecule has 196 valence electrons. The van der Waals surface area contributed by atoms with Gasteiger partial charge in [0.05, 0.1) is 16.7 Å². The molecule has 36 heavy (non-hydrogen) atoms. The molecule has 2 N–H and O–H groups in total. The van der Waals surface area contributed by atoms with Crippen LogP contribution in [0.2, 0.25) is 0 Å². The minimum absolute atomic E-state index is 0.0214. The Morgan fingerprint density at radius 2 is 2.06 bits per heavy atom. The summed E-state index contributed by atoms with van der Waals surface area (Å²) in [6, 6.07) is 6.73. The first-order chi connectivity index (χ1) is 16.9. The number of rotatable bonds is 7. The molecule has 1 heterocycles. The summed E-state index contributed by atoms with van der Waals surface area (Å²) in [5.41, 5.74) is 1.70. The van der Waals surface area contributed by atoms with Crippen LogP contribution >= 0.6 is 11.3 Å². The molecule has 1 amide bonds. The molecule has 2 aromatic rings. The quantitative estimate of drug-likeness (QED) is 0.509. The van der Waals surface area contributed by atoms with Gasteiger partial charge in [0.25, 0.3) is 10.0 Å². The normalized spacial score (nSPS) is 28.5. The van der Waals surface area contributed by atoms with Crippen LogP contribution in [-0.2, 0) is 21.2 Å². The molecule has 2 aliphatic carbocycles. The Bertz CT molecular complexity index is 1240. The second-order valence-electron chi connectivity index (χ2n) is 10.9. The fourth-order valence-corrected chi connectivity index (χ4v) is 8.79. The number of anilines is 1. The van der Waals surface area contributed by atoms with E-state index in [1.165, 1.54) is 11.3 Å². The number of sulfonamides is 1. The second-order valence-corrected chi connectivity index (χ2v) is 13.6. The maximum absolute atomic E-state index is 13.0. The Morgan fingerprint density at radius 3 is 2.69 bits per heavy atom. The van der Waals surface area contributed by atoms with Crippen molar-refractivity contribution in [2.24, 2.45) is 23.2 Å². The summed E-state index contributed by atoms with van der Waals surface area (Å²) in [5.74, 6) is -0.528. The Hall–Kier alpha value is -2.23. The summed E-state index contributed by atoms with van der Waals surface area (Å²) in [6.07, 6.45) is 3.48. The summed E-state index contributed by atoms with van der Waals surface area (Å²) >= 11 is 1.39. The SMILES string of the molecule is C=CCN(C)C(=O)[C@@H](C)[C@@H]1CC[C@]2(C)Cc3sc(NS(=O)(=O)c4ccc(C)cc4)nc3[C@@H](C)[C@@H]2[C@H]1O. The van der Waals surface area contributed by atoms with E-state index in [0.717, 1.165) is 35.4 Å². The van der Waals surface area contributed by atoms with Crippen LogP contribution in [0.3, 0.4) is 0 Å². The molecule has 0 radical (unpaired) electrons. The number of aliphatic hydroxyl groups excluding tert-OH is 1. The van der Waals surface area contributed by atoms with Crippen LogP contribution in [0.15, 0.2) is 41.8 Å². The fourth-order valence-electron chi connectivity index (χ4n) is 6.30. The minimum Gasteiger partial charge on any atom is -0.392 e. The van der Waals surface area contributed by atoms with Crippen LogP contribution in [0.25, 0.3) is 0 Å². The predicted molar refractivity (Wildman–Crippen MR) is 144 cm³/mol. The molecule has 1 aromatic carbocycles. The Kier molecular flexibility index (Phi) is 7.38. The molecule has 1 aromatic heterocycles. The second kappa shape index (κ2) is 9.91. The summed E-state index contributed by atoms with van der Waals surface area (Å²) < 4.78 is 28.5. The Balaban J connectivity index is 1.57. The highest BCUT2D eigenvalue weighted by Gasteiger charge is 2.54. The van der Waals surface area contributed by atoms with Gasteiger partial charge in [0.1, 0.15) is 0 Å². The van der Waals surface area contributed by atoms with Crippen molar-refractivity contribution < 1.29 is 18.3 Å². The summed E-state index contributed by atoms with van der Waals surface area (Å²) in [4.78, 5) is 20.6.